The van der Waals surface area contributed by atoms with Crippen molar-refractivity contribution in [3.05, 3.63) is 119 Å². The topological polar surface area (TPSA) is 136 Å². The van der Waals surface area contributed by atoms with Crippen LogP contribution in [0.3, 0.4) is 0 Å². The van der Waals surface area contributed by atoms with Crippen LogP contribution in [0.25, 0.3) is 11.2 Å². The lowest BCUT2D eigenvalue weighted by atomic mass is 9.80. The number of methoxy groups -OCH3 is 2. The van der Waals surface area contributed by atoms with Crippen molar-refractivity contribution >= 4 is 11.2 Å². The fourth-order valence-electron chi connectivity index (χ4n) is 5.45. The zero-order valence-corrected chi connectivity index (χ0v) is 23.2. The minimum absolute atomic E-state index is 0.0558. The number of ether oxygens (including phenoxy) is 4. The van der Waals surface area contributed by atoms with Gasteiger partial charge in [0, 0.05) is 6.42 Å². The number of fused-ring (bicyclic) bond motifs is 1. The first-order valence-corrected chi connectivity index (χ1v) is 13.5. The summed E-state index contributed by atoms with van der Waals surface area (Å²) in [4.78, 5) is 20.8. The van der Waals surface area contributed by atoms with Gasteiger partial charge in [-0.05, 0) is 41.0 Å². The lowest BCUT2D eigenvalue weighted by Gasteiger charge is -2.37. The van der Waals surface area contributed by atoms with Crippen molar-refractivity contribution < 1.29 is 24.1 Å². The molecular weight excluding hydrogens is 538 g/mol. The Bertz CT molecular complexity index is 1670. The first-order valence-electron chi connectivity index (χ1n) is 13.5. The number of nitrogens with two attached hydrogens (primary N) is 1. The van der Waals surface area contributed by atoms with Crippen LogP contribution in [0, 0.1) is 0 Å². The fraction of sp³-hybridized carbons (Fsp3) is 0.258. The molecule has 11 nitrogen and oxygen atoms in total. The number of hydrogen-bond acceptors (Lipinski definition) is 9. The molecule has 1 aliphatic rings. The molecule has 3 aromatic carbocycles. The average molecular weight is 570 g/mol. The number of aromatic nitrogens is 4. The van der Waals surface area contributed by atoms with E-state index in [-0.39, 0.29) is 18.5 Å². The summed E-state index contributed by atoms with van der Waals surface area (Å²) in [5, 5.41) is 11.1. The molecule has 0 bridgehead atoms. The molecular formula is C31H31N5O6. The molecule has 3 atom stereocenters. The van der Waals surface area contributed by atoms with Gasteiger partial charge in [0.15, 0.2) is 11.2 Å². The lowest BCUT2D eigenvalue weighted by Crippen LogP contribution is -2.38. The molecule has 1 saturated heterocycles. The molecule has 5 aromatic rings. The highest BCUT2D eigenvalue weighted by Gasteiger charge is 2.42. The summed E-state index contributed by atoms with van der Waals surface area (Å²) in [6, 6.07) is 25.3. The number of imidazole rings is 1. The van der Waals surface area contributed by atoms with E-state index in [0.29, 0.717) is 5.65 Å². The molecule has 0 saturated carbocycles. The van der Waals surface area contributed by atoms with Gasteiger partial charge in [-0.2, -0.15) is 0 Å². The third-order valence-electron chi connectivity index (χ3n) is 7.66. The Balaban J connectivity index is 1.37. The van der Waals surface area contributed by atoms with E-state index in [9.17, 15) is 9.90 Å². The van der Waals surface area contributed by atoms with Crippen molar-refractivity contribution in [3.63, 3.8) is 0 Å². The second kappa shape index (κ2) is 11.3. The molecule has 2 aromatic heterocycles. The SMILES string of the molecule is COc1ccc(C(OC[C@H]2O[C@@H](n3cnc4c(=O)n(N)cnc43)C[C@@H]2O)(c2ccccc2)c2ccc(OC)cc2)cc1. The Kier molecular flexibility index (Phi) is 7.38. The minimum Gasteiger partial charge on any atom is -0.497 e. The van der Waals surface area contributed by atoms with Crippen LogP contribution in [0.4, 0.5) is 0 Å². The molecule has 6 rings (SSSR count). The Morgan fingerprint density at radius 1 is 0.905 bits per heavy atom. The normalized spacial score (nSPS) is 18.8. The molecule has 0 aliphatic carbocycles. The van der Waals surface area contributed by atoms with Crippen molar-refractivity contribution in [2.45, 2.75) is 30.5 Å². The number of rotatable bonds is 9. The summed E-state index contributed by atoms with van der Waals surface area (Å²) in [6.45, 7) is 0.0558. The quantitative estimate of drug-likeness (QED) is 0.203. The Labute approximate surface area is 241 Å². The number of nitrogens with zero attached hydrogens (tertiary/aromatic N) is 4. The smallest absolute Gasteiger partial charge is 0.299 e. The van der Waals surface area contributed by atoms with Gasteiger partial charge in [-0.3, -0.25) is 9.36 Å². The van der Waals surface area contributed by atoms with Crippen LogP contribution in [0.15, 0.2) is 96.3 Å². The van der Waals surface area contributed by atoms with Crippen LogP contribution in [-0.2, 0) is 15.1 Å². The predicted octanol–water partition coefficient (Wildman–Crippen LogP) is 2.98. The number of nitrogen functional groups attached to an aromatic ring is 1. The molecule has 0 radical (unpaired) electrons. The zero-order valence-electron chi connectivity index (χ0n) is 23.2. The molecule has 0 amide bonds. The lowest BCUT2D eigenvalue weighted by molar-refractivity contribution is -0.0931. The molecule has 3 heterocycles. The molecule has 0 unspecified atom stereocenters. The van der Waals surface area contributed by atoms with Crippen molar-refractivity contribution in [1.29, 1.82) is 0 Å². The van der Waals surface area contributed by atoms with Gasteiger partial charge in [0.1, 0.15) is 35.8 Å². The van der Waals surface area contributed by atoms with Gasteiger partial charge in [0.2, 0.25) is 0 Å². The number of benzene rings is 3. The third kappa shape index (κ3) is 4.77. The molecule has 216 valence electrons. The van der Waals surface area contributed by atoms with E-state index in [0.717, 1.165) is 32.9 Å². The van der Waals surface area contributed by atoms with E-state index in [1.54, 1.807) is 18.8 Å². The Morgan fingerprint density at radius 3 is 2.10 bits per heavy atom. The van der Waals surface area contributed by atoms with E-state index in [1.165, 1.54) is 12.7 Å². The van der Waals surface area contributed by atoms with Crippen LogP contribution in [0.5, 0.6) is 11.5 Å². The van der Waals surface area contributed by atoms with Crippen molar-refractivity contribution in [2.24, 2.45) is 0 Å². The highest BCUT2D eigenvalue weighted by molar-refractivity contribution is 5.69. The summed E-state index contributed by atoms with van der Waals surface area (Å²) >= 11 is 0. The average Bonchev–Trinajstić information content (AvgIpc) is 3.64. The second-order valence-electron chi connectivity index (χ2n) is 10.0. The first-order chi connectivity index (χ1) is 20.4. The maximum absolute atomic E-state index is 12.4. The maximum atomic E-state index is 12.4. The van der Waals surface area contributed by atoms with Gasteiger partial charge < -0.3 is 29.9 Å². The van der Waals surface area contributed by atoms with E-state index in [2.05, 4.69) is 9.97 Å². The standard InChI is InChI=1S/C31H31N5O6/c1-39-23-12-8-21(9-13-23)31(20-6-4-3-5-7-20,22-10-14-24(40-2)15-11-22)41-17-26-25(37)16-27(42-26)35-18-33-28-29(35)34-19-36(32)30(28)38/h3-15,18-19,25-27,37H,16-17,32H2,1-2H3/t25-,26+,27+/m0/s1. The Hall–Kier alpha value is -4.71. The summed E-state index contributed by atoms with van der Waals surface area (Å²) in [5.74, 6) is 7.08. The van der Waals surface area contributed by atoms with E-state index < -0.39 is 29.6 Å². The monoisotopic (exact) mass is 569 g/mol. The largest absolute Gasteiger partial charge is 0.497 e. The van der Waals surface area contributed by atoms with Gasteiger partial charge in [0.25, 0.3) is 5.56 Å². The van der Waals surface area contributed by atoms with Crippen molar-refractivity contribution in [1.82, 2.24) is 19.2 Å². The maximum Gasteiger partial charge on any atom is 0.299 e. The second-order valence-corrected chi connectivity index (χ2v) is 10.0. The summed E-state index contributed by atoms with van der Waals surface area (Å²) in [5.41, 5.74) is 1.56. The molecule has 1 fully saturated rings. The van der Waals surface area contributed by atoms with Crippen LogP contribution in [0.2, 0.25) is 0 Å². The van der Waals surface area contributed by atoms with Crippen LogP contribution in [0.1, 0.15) is 29.3 Å². The third-order valence-corrected chi connectivity index (χ3v) is 7.66. The molecule has 3 N–H and O–H groups in total. The zero-order chi connectivity index (χ0) is 29.3. The summed E-state index contributed by atoms with van der Waals surface area (Å²) in [7, 11) is 3.25. The van der Waals surface area contributed by atoms with Gasteiger partial charge >= 0.3 is 0 Å². The van der Waals surface area contributed by atoms with Crippen molar-refractivity contribution in [2.75, 3.05) is 26.7 Å². The number of aliphatic hydroxyl groups is 1. The van der Waals surface area contributed by atoms with Crippen molar-refractivity contribution in [3.8, 4) is 11.5 Å². The van der Waals surface area contributed by atoms with Gasteiger partial charge in [-0.1, -0.05) is 54.6 Å². The van der Waals surface area contributed by atoms with E-state index >= 15 is 0 Å². The van der Waals surface area contributed by atoms with Crippen LogP contribution in [-0.4, -0.2) is 57.4 Å². The fourth-order valence-corrected chi connectivity index (χ4v) is 5.45. The predicted molar refractivity (Wildman–Crippen MR) is 155 cm³/mol. The van der Waals surface area contributed by atoms with Gasteiger partial charge in [-0.15, -0.1) is 0 Å². The first kappa shape index (κ1) is 27.5. The molecule has 11 heteroatoms. The molecule has 42 heavy (non-hydrogen) atoms. The van der Waals surface area contributed by atoms with Gasteiger partial charge in [0.05, 0.1) is 33.3 Å². The number of hydrogen-bond donors (Lipinski definition) is 2. The molecule has 0 spiro atoms. The Morgan fingerprint density at radius 2 is 1.50 bits per heavy atom. The van der Waals surface area contributed by atoms with Crippen LogP contribution < -0.4 is 20.9 Å². The molecule has 1 aliphatic heterocycles. The number of aliphatic hydroxyl groups excluding tert-OH is 1. The summed E-state index contributed by atoms with van der Waals surface area (Å²) in [6.07, 6.45) is 0.836. The van der Waals surface area contributed by atoms with E-state index in [4.69, 9.17) is 24.8 Å². The minimum atomic E-state index is -1.06. The van der Waals surface area contributed by atoms with Gasteiger partial charge in [-0.25, -0.2) is 14.6 Å². The highest BCUT2D eigenvalue weighted by atomic mass is 16.6. The summed E-state index contributed by atoms with van der Waals surface area (Å²) < 4.78 is 26.6. The highest BCUT2D eigenvalue weighted by Crippen LogP contribution is 2.42. The van der Waals surface area contributed by atoms with E-state index in [1.807, 2.05) is 78.9 Å². The van der Waals surface area contributed by atoms with Crippen LogP contribution >= 0.6 is 0 Å².